The Morgan fingerprint density at radius 1 is 1.50 bits per heavy atom. The van der Waals surface area contributed by atoms with Gasteiger partial charge in [0.05, 0.1) is 23.9 Å². The van der Waals surface area contributed by atoms with Crippen LogP contribution >= 0.6 is 11.3 Å². The third kappa shape index (κ3) is 3.05. The van der Waals surface area contributed by atoms with Crippen LogP contribution in [0, 0.1) is 18.8 Å². The molecule has 2 aliphatic heterocycles. The first kappa shape index (κ1) is 14.6. The van der Waals surface area contributed by atoms with Crippen molar-refractivity contribution in [2.45, 2.75) is 44.8 Å². The summed E-state index contributed by atoms with van der Waals surface area (Å²) < 4.78 is 5.68. The number of aryl methyl sites for hydroxylation is 1. The fourth-order valence-corrected chi connectivity index (χ4v) is 4.32. The predicted molar refractivity (Wildman–Crippen MR) is 84.6 cm³/mol. The highest BCUT2D eigenvalue weighted by Crippen LogP contribution is 2.34. The molecule has 22 heavy (non-hydrogen) atoms. The van der Waals surface area contributed by atoms with Gasteiger partial charge in [-0.1, -0.05) is 0 Å². The smallest absolute Gasteiger partial charge is 0.220 e. The van der Waals surface area contributed by atoms with Gasteiger partial charge in [-0.3, -0.25) is 9.69 Å². The Balaban J connectivity index is 1.39. The standard InChI is InChI=1S/C16H23N3O2S/c1-10-17-12(9-22-10)5-19-6-14(13-7-21-8-15(13)19)18-16(20)4-11-2-3-11/h9,11,13-15H,2-8H2,1H3,(H,18,20)/t13-,14-,15-/m1/s1. The molecule has 0 unspecified atom stereocenters. The summed E-state index contributed by atoms with van der Waals surface area (Å²) in [5, 5.41) is 6.52. The van der Waals surface area contributed by atoms with Crippen LogP contribution in [0.25, 0.3) is 0 Å². The molecule has 0 spiro atoms. The van der Waals surface area contributed by atoms with E-state index in [0.29, 0.717) is 24.3 Å². The number of nitrogens with zero attached hydrogens (tertiary/aromatic N) is 2. The van der Waals surface area contributed by atoms with Gasteiger partial charge in [0.15, 0.2) is 0 Å². The van der Waals surface area contributed by atoms with Gasteiger partial charge in [-0.05, 0) is 25.7 Å². The monoisotopic (exact) mass is 321 g/mol. The van der Waals surface area contributed by atoms with Gasteiger partial charge in [-0.2, -0.15) is 0 Å². The predicted octanol–water partition coefficient (Wildman–Crippen LogP) is 1.57. The number of ether oxygens (including phenoxy) is 1. The van der Waals surface area contributed by atoms with Crippen molar-refractivity contribution in [1.82, 2.24) is 15.2 Å². The molecule has 4 rings (SSSR count). The number of carbonyl (C=O) groups is 1. The fourth-order valence-electron chi connectivity index (χ4n) is 3.72. The summed E-state index contributed by atoms with van der Waals surface area (Å²) in [4.78, 5) is 19.1. The highest BCUT2D eigenvalue weighted by Gasteiger charge is 2.46. The van der Waals surface area contributed by atoms with Gasteiger partial charge < -0.3 is 10.1 Å². The van der Waals surface area contributed by atoms with Gasteiger partial charge in [0, 0.05) is 42.9 Å². The molecule has 0 aromatic carbocycles. The SMILES string of the molecule is Cc1nc(CN2C[C@@H](NC(=O)CC3CC3)[C@H]3COC[C@H]32)cs1. The Morgan fingerprint density at radius 2 is 2.36 bits per heavy atom. The van der Waals surface area contributed by atoms with Crippen LogP contribution in [0.1, 0.15) is 30.0 Å². The number of aromatic nitrogens is 1. The molecular formula is C16H23N3O2S. The molecule has 1 aromatic heterocycles. The van der Waals surface area contributed by atoms with E-state index in [1.165, 1.54) is 12.8 Å². The second-order valence-corrected chi connectivity index (χ2v) is 7.94. The molecule has 120 valence electrons. The van der Waals surface area contributed by atoms with Crippen molar-refractivity contribution in [2.75, 3.05) is 19.8 Å². The van der Waals surface area contributed by atoms with Gasteiger partial charge in [0.2, 0.25) is 5.91 Å². The summed E-state index contributed by atoms with van der Waals surface area (Å²) in [6.45, 7) is 5.38. The van der Waals surface area contributed by atoms with E-state index in [0.717, 1.165) is 37.0 Å². The summed E-state index contributed by atoms with van der Waals surface area (Å²) in [5.74, 6) is 1.30. The molecule has 3 atom stereocenters. The van der Waals surface area contributed by atoms with Crippen LogP contribution in [0.15, 0.2) is 5.38 Å². The maximum atomic E-state index is 12.1. The first-order chi connectivity index (χ1) is 10.7. The van der Waals surface area contributed by atoms with Crippen molar-refractivity contribution in [3.8, 4) is 0 Å². The van der Waals surface area contributed by atoms with Crippen LogP contribution in [-0.2, 0) is 16.1 Å². The molecule has 3 aliphatic rings. The van der Waals surface area contributed by atoms with E-state index in [9.17, 15) is 4.79 Å². The lowest BCUT2D eigenvalue weighted by Crippen LogP contribution is -2.41. The number of hydrogen-bond acceptors (Lipinski definition) is 5. The molecule has 2 saturated heterocycles. The van der Waals surface area contributed by atoms with Gasteiger partial charge in [0.25, 0.3) is 0 Å². The minimum Gasteiger partial charge on any atom is -0.379 e. The van der Waals surface area contributed by atoms with E-state index >= 15 is 0 Å². The molecule has 1 aliphatic carbocycles. The van der Waals surface area contributed by atoms with Crippen LogP contribution in [-0.4, -0.2) is 47.6 Å². The summed E-state index contributed by atoms with van der Waals surface area (Å²) >= 11 is 1.70. The Bertz CT molecular complexity index is 557. The zero-order valence-corrected chi connectivity index (χ0v) is 13.8. The topological polar surface area (TPSA) is 54.5 Å². The maximum Gasteiger partial charge on any atom is 0.220 e. The van der Waals surface area contributed by atoms with Crippen molar-refractivity contribution < 1.29 is 9.53 Å². The summed E-state index contributed by atoms with van der Waals surface area (Å²) in [6.07, 6.45) is 3.16. The van der Waals surface area contributed by atoms with Gasteiger partial charge in [-0.25, -0.2) is 4.98 Å². The van der Waals surface area contributed by atoms with E-state index in [-0.39, 0.29) is 11.9 Å². The zero-order chi connectivity index (χ0) is 15.1. The van der Waals surface area contributed by atoms with E-state index in [4.69, 9.17) is 4.74 Å². The molecule has 1 aromatic rings. The van der Waals surface area contributed by atoms with Crippen molar-refractivity contribution in [1.29, 1.82) is 0 Å². The lowest BCUT2D eigenvalue weighted by Gasteiger charge is -2.20. The molecule has 1 amide bonds. The van der Waals surface area contributed by atoms with Crippen LogP contribution in [0.5, 0.6) is 0 Å². The Hall–Kier alpha value is -0.980. The van der Waals surface area contributed by atoms with Crippen molar-refractivity contribution in [3.05, 3.63) is 16.1 Å². The minimum atomic E-state index is 0.226. The highest BCUT2D eigenvalue weighted by atomic mass is 32.1. The number of thiazole rings is 1. The average Bonchev–Trinajstić information content (AvgIpc) is 2.88. The van der Waals surface area contributed by atoms with Gasteiger partial charge in [0.1, 0.15) is 0 Å². The van der Waals surface area contributed by atoms with Crippen LogP contribution < -0.4 is 5.32 Å². The van der Waals surface area contributed by atoms with E-state index in [1.807, 2.05) is 6.92 Å². The number of carbonyl (C=O) groups excluding carboxylic acids is 1. The minimum absolute atomic E-state index is 0.226. The largest absolute Gasteiger partial charge is 0.379 e. The average molecular weight is 321 g/mol. The third-order valence-electron chi connectivity index (χ3n) is 5.06. The summed E-state index contributed by atoms with van der Waals surface area (Å²) in [7, 11) is 0. The van der Waals surface area contributed by atoms with Crippen LogP contribution in [0.3, 0.4) is 0 Å². The zero-order valence-electron chi connectivity index (χ0n) is 13.0. The summed E-state index contributed by atoms with van der Waals surface area (Å²) in [6, 6.07) is 0.659. The van der Waals surface area contributed by atoms with Crippen molar-refractivity contribution in [3.63, 3.8) is 0 Å². The second kappa shape index (κ2) is 5.91. The molecule has 6 heteroatoms. The highest BCUT2D eigenvalue weighted by molar-refractivity contribution is 7.09. The molecule has 1 N–H and O–H groups in total. The Kier molecular flexibility index (Phi) is 3.92. The Labute approximate surface area is 135 Å². The number of rotatable bonds is 5. The first-order valence-corrected chi connectivity index (χ1v) is 9.09. The molecule has 1 saturated carbocycles. The number of hydrogen-bond donors (Lipinski definition) is 1. The molecule has 3 heterocycles. The van der Waals surface area contributed by atoms with Gasteiger partial charge in [-0.15, -0.1) is 11.3 Å². The quantitative estimate of drug-likeness (QED) is 0.894. The summed E-state index contributed by atoms with van der Waals surface area (Å²) in [5.41, 5.74) is 1.14. The van der Waals surface area contributed by atoms with Gasteiger partial charge >= 0.3 is 0 Å². The third-order valence-corrected chi connectivity index (χ3v) is 5.88. The number of nitrogens with one attached hydrogen (secondary N) is 1. The normalized spacial score (nSPS) is 31.4. The number of likely N-dealkylation sites (tertiary alicyclic amines) is 1. The fraction of sp³-hybridized carbons (Fsp3) is 0.750. The van der Waals surface area contributed by atoms with Crippen LogP contribution in [0.4, 0.5) is 0 Å². The molecule has 0 bridgehead atoms. The Morgan fingerprint density at radius 3 is 3.09 bits per heavy atom. The molecule has 3 fully saturated rings. The number of amides is 1. The molecular weight excluding hydrogens is 298 g/mol. The van der Waals surface area contributed by atoms with E-state index < -0.39 is 0 Å². The lowest BCUT2D eigenvalue weighted by atomic mass is 9.99. The van der Waals surface area contributed by atoms with E-state index in [1.54, 1.807) is 11.3 Å². The number of fused-ring (bicyclic) bond motifs is 1. The second-order valence-electron chi connectivity index (χ2n) is 6.88. The van der Waals surface area contributed by atoms with Crippen molar-refractivity contribution >= 4 is 17.2 Å². The van der Waals surface area contributed by atoms with Crippen LogP contribution in [0.2, 0.25) is 0 Å². The lowest BCUT2D eigenvalue weighted by molar-refractivity contribution is -0.122. The first-order valence-electron chi connectivity index (χ1n) is 8.21. The molecule has 5 nitrogen and oxygen atoms in total. The maximum absolute atomic E-state index is 12.1. The molecule has 0 radical (unpaired) electrons. The van der Waals surface area contributed by atoms with E-state index in [2.05, 4.69) is 20.6 Å². The van der Waals surface area contributed by atoms with Crippen molar-refractivity contribution in [2.24, 2.45) is 11.8 Å².